The van der Waals surface area contributed by atoms with Crippen LogP contribution < -0.4 is 10.5 Å². The number of hydrogen-bond acceptors (Lipinski definition) is 3. The Labute approximate surface area is 91.2 Å². The molecule has 0 amide bonds. The molecule has 0 fully saturated rings. The molecule has 1 aromatic heterocycles. The van der Waals surface area contributed by atoms with Crippen LogP contribution in [0, 0.1) is 0 Å². The number of benzene rings is 1. The van der Waals surface area contributed by atoms with Crippen molar-refractivity contribution in [3.05, 3.63) is 23.2 Å². The van der Waals surface area contributed by atoms with E-state index in [-0.39, 0.29) is 0 Å². The summed E-state index contributed by atoms with van der Waals surface area (Å²) in [7, 11) is 0. The van der Waals surface area contributed by atoms with Crippen LogP contribution in [0.4, 0.5) is 5.69 Å². The molecule has 2 N–H and O–H groups in total. The highest BCUT2D eigenvalue weighted by Gasteiger charge is 2.06. The van der Waals surface area contributed by atoms with Gasteiger partial charge in [-0.05, 0) is 19.1 Å². The molecular weight excluding hydrogens is 218 g/mol. The molecule has 0 spiro atoms. The third kappa shape index (κ3) is 1.65. The quantitative estimate of drug-likeness (QED) is 0.797. The van der Waals surface area contributed by atoms with Crippen molar-refractivity contribution in [3.8, 4) is 5.06 Å². The number of nitrogens with two attached hydrogens (primary N) is 1. The summed E-state index contributed by atoms with van der Waals surface area (Å²) in [4.78, 5) is 0. The molecule has 0 radical (unpaired) electrons. The highest BCUT2D eigenvalue weighted by atomic mass is 35.5. The molecule has 2 aromatic rings. The fourth-order valence-electron chi connectivity index (χ4n) is 1.31. The third-order valence-corrected chi connectivity index (χ3v) is 3.18. The van der Waals surface area contributed by atoms with Crippen LogP contribution in [0.5, 0.6) is 5.06 Å². The van der Waals surface area contributed by atoms with Crippen LogP contribution in [0.3, 0.4) is 0 Å². The first-order chi connectivity index (χ1) is 6.70. The van der Waals surface area contributed by atoms with Crippen LogP contribution in [-0.4, -0.2) is 6.61 Å². The van der Waals surface area contributed by atoms with Crippen molar-refractivity contribution in [2.45, 2.75) is 6.92 Å². The van der Waals surface area contributed by atoms with Gasteiger partial charge in [0.2, 0.25) is 0 Å². The van der Waals surface area contributed by atoms with E-state index in [4.69, 9.17) is 22.1 Å². The molecule has 1 aromatic carbocycles. The monoisotopic (exact) mass is 227 g/mol. The molecule has 0 aliphatic heterocycles. The van der Waals surface area contributed by atoms with E-state index < -0.39 is 0 Å². The molecule has 2 rings (SSSR count). The first kappa shape index (κ1) is 9.62. The van der Waals surface area contributed by atoms with E-state index >= 15 is 0 Å². The second-order valence-corrected chi connectivity index (χ2v) is 4.37. The molecule has 1 heterocycles. The second kappa shape index (κ2) is 3.67. The van der Waals surface area contributed by atoms with E-state index in [0.29, 0.717) is 17.3 Å². The largest absolute Gasteiger partial charge is 0.484 e. The molecule has 0 unspecified atom stereocenters. The van der Waals surface area contributed by atoms with Gasteiger partial charge in [-0.25, -0.2) is 0 Å². The fraction of sp³-hybridized carbons (Fsp3) is 0.200. The van der Waals surface area contributed by atoms with E-state index in [0.717, 1.165) is 15.1 Å². The van der Waals surface area contributed by atoms with Crippen molar-refractivity contribution in [2.24, 2.45) is 0 Å². The molecule has 0 atom stereocenters. The Morgan fingerprint density at radius 3 is 2.93 bits per heavy atom. The molecule has 2 nitrogen and oxygen atoms in total. The smallest absolute Gasteiger partial charge is 0.174 e. The summed E-state index contributed by atoms with van der Waals surface area (Å²) < 4.78 is 6.47. The van der Waals surface area contributed by atoms with Crippen molar-refractivity contribution >= 4 is 38.7 Å². The van der Waals surface area contributed by atoms with Crippen molar-refractivity contribution in [1.29, 1.82) is 0 Å². The lowest BCUT2D eigenvalue weighted by Crippen LogP contribution is -1.86. The van der Waals surface area contributed by atoms with Crippen LogP contribution in [0.2, 0.25) is 5.02 Å². The highest BCUT2D eigenvalue weighted by Crippen LogP contribution is 2.37. The summed E-state index contributed by atoms with van der Waals surface area (Å²) in [5.74, 6) is 0. The summed E-state index contributed by atoms with van der Waals surface area (Å²) in [6, 6.07) is 5.62. The Hall–Kier alpha value is -0.930. The Bertz CT molecular complexity index is 466. The van der Waals surface area contributed by atoms with Gasteiger partial charge in [0.25, 0.3) is 0 Å². The lowest BCUT2D eigenvalue weighted by molar-refractivity contribution is 0.350. The molecule has 0 saturated heterocycles. The lowest BCUT2D eigenvalue weighted by atomic mass is 10.2. The number of nitrogen functional groups attached to an aromatic ring is 1. The standard InChI is InChI=1S/C10H10ClNOS/c1-2-13-10-5-7-8(11)3-6(12)4-9(7)14-10/h3-5H,2,12H2,1H3. The highest BCUT2D eigenvalue weighted by molar-refractivity contribution is 7.20. The Kier molecular flexibility index (Phi) is 2.52. The first-order valence-electron chi connectivity index (χ1n) is 4.32. The topological polar surface area (TPSA) is 35.2 Å². The summed E-state index contributed by atoms with van der Waals surface area (Å²) in [6.45, 7) is 2.63. The maximum atomic E-state index is 6.05. The van der Waals surface area contributed by atoms with Gasteiger partial charge in [-0.3, -0.25) is 0 Å². The summed E-state index contributed by atoms with van der Waals surface area (Å²) in [5.41, 5.74) is 6.38. The minimum absolute atomic E-state index is 0.667. The number of thiophene rings is 1. The average Bonchev–Trinajstić information content (AvgIpc) is 2.48. The molecular formula is C10H10ClNOS. The summed E-state index contributed by atoms with van der Waals surface area (Å²) in [6.07, 6.45) is 0. The Balaban J connectivity index is 2.58. The normalized spacial score (nSPS) is 10.7. The number of ether oxygens (including phenoxy) is 1. The number of anilines is 1. The van der Waals surface area contributed by atoms with Gasteiger partial charge in [0.05, 0.1) is 11.6 Å². The van der Waals surface area contributed by atoms with Gasteiger partial charge in [-0.15, -0.1) is 0 Å². The van der Waals surface area contributed by atoms with Crippen LogP contribution >= 0.6 is 22.9 Å². The molecule has 14 heavy (non-hydrogen) atoms. The number of halogens is 1. The third-order valence-electron chi connectivity index (χ3n) is 1.87. The molecule has 4 heteroatoms. The van der Waals surface area contributed by atoms with Gasteiger partial charge in [0.1, 0.15) is 0 Å². The second-order valence-electron chi connectivity index (χ2n) is 2.91. The van der Waals surface area contributed by atoms with E-state index in [9.17, 15) is 0 Å². The average molecular weight is 228 g/mol. The van der Waals surface area contributed by atoms with Gasteiger partial charge < -0.3 is 10.5 Å². The van der Waals surface area contributed by atoms with E-state index in [1.54, 1.807) is 17.4 Å². The Morgan fingerprint density at radius 2 is 2.21 bits per heavy atom. The van der Waals surface area contributed by atoms with E-state index in [2.05, 4.69) is 0 Å². The lowest BCUT2D eigenvalue weighted by Gasteiger charge is -1.95. The van der Waals surface area contributed by atoms with Gasteiger partial charge in [-0.2, -0.15) is 0 Å². The minimum Gasteiger partial charge on any atom is -0.484 e. The van der Waals surface area contributed by atoms with Crippen LogP contribution in [0.1, 0.15) is 6.92 Å². The van der Waals surface area contributed by atoms with Crippen molar-refractivity contribution in [2.75, 3.05) is 12.3 Å². The van der Waals surface area contributed by atoms with Crippen LogP contribution in [0.15, 0.2) is 18.2 Å². The summed E-state index contributed by atoms with van der Waals surface area (Å²) >= 11 is 7.61. The number of rotatable bonds is 2. The first-order valence-corrected chi connectivity index (χ1v) is 5.51. The van der Waals surface area contributed by atoms with E-state index in [1.165, 1.54) is 0 Å². The minimum atomic E-state index is 0.667. The molecule has 0 aliphatic carbocycles. The van der Waals surface area contributed by atoms with Gasteiger partial charge in [0.15, 0.2) is 5.06 Å². The van der Waals surface area contributed by atoms with Crippen LogP contribution in [0.25, 0.3) is 10.1 Å². The van der Waals surface area contributed by atoms with Crippen molar-refractivity contribution < 1.29 is 4.74 Å². The zero-order chi connectivity index (χ0) is 10.1. The molecule has 0 bridgehead atoms. The zero-order valence-corrected chi connectivity index (χ0v) is 9.28. The fourth-order valence-corrected chi connectivity index (χ4v) is 2.69. The maximum Gasteiger partial charge on any atom is 0.174 e. The maximum absolute atomic E-state index is 6.05. The Morgan fingerprint density at radius 1 is 1.43 bits per heavy atom. The SMILES string of the molecule is CCOc1cc2c(Cl)cc(N)cc2s1. The van der Waals surface area contributed by atoms with Gasteiger partial charge >= 0.3 is 0 Å². The number of hydrogen-bond donors (Lipinski definition) is 1. The van der Waals surface area contributed by atoms with Gasteiger partial charge in [-0.1, -0.05) is 22.9 Å². The van der Waals surface area contributed by atoms with Crippen molar-refractivity contribution in [3.63, 3.8) is 0 Å². The van der Waals surface area contributed by atoms with Crippen LogP contribution in [-0.2, 0) is 0 Å². The number of fused-ring (bicyclic) bond motifs is 1. The molecule has 0 aliphatic rings. The molecule has 74 valence electrons. The molecule has 0 saturated carbocycles. The van der Waals surface area contributed by atoms with E-state index in [1.807, 2.05) is 19.1 Å². The predicted molar refractivity (Wildman–Crippen MR) is 62.4 cm³/mol. The van der Waals surface area contributed by atoms with Gasteiger partial charge in [0, 0.05) is 21.8 Å². The zero-order valence-electron chi connectivity index (χ0n) is 7.71. The summed E-state index contributed by atoms with van der Waals surface area (Å²) in [5, 5.41) is 2.58. The predicted octanol–water partition coefficient (Wildman–Crippen LogP) is 3.54. The van der Waals surface area contributed by atoms with Crippen molar-refractivity contribution in [1.82, 2.24) is 0 Å².